The molecule has 1 aliphatic heterocycles. The molecule has 0 radical (unpaired) electrons. The molecule has 45 heavy (non-hydrogen) atoms. The van der Waals surface area contributed by atoms with E-state index in [1.165, 1.54) is 37.6 Å². The second kappa shape index (κ2) is 13.4. The number of nitrogens with two attached hydrogens (primary N) is 1. The lowest BCUT2D eigenvalue weighted by Gasteiger charge is -2.23. The van der Waals surface area contributed by atoms with Crippen LogP contribution >= 0.6 is 0 Å². The number of halogens is 4. The predicted molar refractivity (Wildman–Crippen MR) is 158 cm³/mol. The minimum Gasteiger partial charge on any atom is -0.493 e. The largest absolute Gasteiger partial charge is 0.493 e. The van der Waals surface area contributed by atoms with Crippen LogP contribution in [0, 0.1) is 11.7 Å². The Morgan fingerprint density at radius 2 is 1.78 bits per heavy atom. The molecule has 4 aromatic rings. The van der Waals surface area contributed by atoms with Gasteiger partial charge in [-0.2, -0.15) is 13.2 Å². The van der Waals surface area contributed by atoms with Gasteiger partial charge in [0.05, 0.1) is 31.3 Å². The lowest BCUT2D eigenvalue weighted by atomic mass is 9.99. The first-order valence-electron chi connectivity index (χ1n) is 14.1. The van der Waals surface area contributed by atoms with E-state index in [-0.39, 0.29) is 22.7 Å². The molecule has 0 aliphatic carbocycles. The van der Waals surface area contributed by atoms with E-state index < -0.39 is 35.9 Å². The lowest BCUT2D eigenvalue weighted by Crippen LogP contribution is -2.40. The van der Waals surface area contributed by atoms with Crippen molar-refractivity contribution in [2.75, 3.05) is 31.7 Å². The molecule has 2 heterocycles. The third-order valence-electron chi connectivity index (χ3n) is 7.42. The van der Waals surface area contributed by atoms with Crippen LogP contribution in [0.4, 0.5) is 23.2 Å². The van der Waals surface area contributed by atoms with Gasteiger partial charge in [-0.05, 0) is 73.8 Å². The van der Waals surface area contributed by atoms with Crippen molar-refractivity contribution >= 4 is 28.4 Å². The summed E-state index contributed by atoms with van der Waals surface area (Å²) < 4.78 is 72.6. The molecule has 1 aromatic heterocycles. The molecule has 1 fully saturated rings. The number of fused-ring (bicyclic) bond motifs is 1. The molecule has 1 saturated heterocycles. The van der Waals surface area contributed by atoms with Crippen molar-refractivity contribution in [2.45, 2.75) is 25.6 Å². The van der Waals surface area contributed by atoms with Crippen LogP contribution in [0.25, 0.3) is 10.9 Å². The Morgan fingerprint density at radius 1 is 1.00 bits per heavy atom. The Balaban J connectivity index is 1.40. The van der Waals surface area contributed by atoms with Gasteiger partial charge in [-0.25, -0.2) is 4.39 Å². The molecule has 5 rings (SSSR count). The van der Waals surface area contributed by atoms with Gasteiger partial charge < -0.3 is 25.3 Å². The number of hydrogen-bond donors (Lipinski definition) is 2. The van der Waals surface area contributed by atoms with Gasteiger partial charge in [0.25, 0.3) is 0 Å². The van der Waals surface area contributed by atoms with Crippen molar-refractivity contribution < 1.29 is 41.4 Å². The number of primary amides is 1. The summed E-state index contributed by atoms with van der Waals surface area (Å²) in [6, 6.07) is 12.6. The Hall–Kier alpha value is -4.91. The van der Waals surface area contributed by atoms with Gasteiger partial charge in [-0.15, -0.1) is 0 Å². The number of rotatable bonds is 9. The fraction of sp³-hybridized carbons (Fsp3) is 0.281. The molecular weight excluding hydrogens is 596 g/mol. The van der Waals surface area contributed by atoms with Crippen LogP contribution in [0.2, 0.25) is 0 Å². The van der Waals surface area contributed by atoms with E-state index in [4.69, 9.17) is 19.9 Å². The fourth-order valence-electron chi connectivity index (χ4n) is 5.05. The van der Waals surface area contributed by atoms with E-state index in [1.54, 1.807) is 18.2 Å². The van der Waals surface area contributed by atoms with Gasteiger partial charge >= 0.3 is 18.0 Å². The number of amides is 2. The van der Waals surface area contributed by atoms with Crippen molar-refractivity contribution in [3.05, 3.63) is 83.8 Å². The number of alkyl halides is 3. The van der Waals surface area contributed by atoms with E-state index >= 15 is 4.39 Å². The highest BCUT2D eigenvalue weighted by Gasteiger charge is 2.31. The first kappa shape index (κ1) is 31.5. The molecule has 0 saturated carbocycles. The van der Waals surface area contributed by atoms with Gasteiger partial charge in [0, 0.05) is 29.4 Å². The van der Waals surface area contributed by atoms with Crippen LogP contribution in [0.3, 0.4) is 0 Å². The summed E-state index contributed by atoms with van der Waals surface area (Å²) >= 11 is 0. The van der Waals surface area contributed by atoms with E-state index in [1.807, 2.05) is 0 Å². The molecule has 0 bridgehead atoms. The highest BCUT2D eigenvalue weighted by molar-refractivity contribution is 6.39. The molecule has 0 unspecified atom stereocenters. The molecule has 0 atom stereocenters. The molecule has 2 amide bonds. The van der Waals surface area contributed by atoms with Crippen LogP contribution in [0.1, 0.15) is 24.0 Å². The van der Waals surface area contributed by atoms with Crippen molar-refractivity contribution in [1.29, 1.82) is 0 Å². The molecular formula is C32H30F4N4O5. The lowest BCUT2D eigenvalue weighted by molar-refractivity contribution is -0.137. The zero-order chi connectivity index (χ0) is 32.1. The number of piperidine rings is 1. The minimum atomic E-state index is -4.62. The second-order valence-corrected chi connectivity index (χ2v) is 10.5. The average Bonchev–Trinajstić information content (AvgIpc) is 3.03. The number of nitrogens with zero attached hydrogens (tertiary/aromatic N) is 2. The highest BCUT2D eigenvalue weighted by Crippen LogP contribution is 2.38. The monoisotopic (exact) mass is 626 g/mol. The fourth-order valence-corrected chi connectivity index (χ4v) is 5.05. The molecule has 13 heteroatoms. The molecule has 3 aromatic carbocycles. The maximum Gasteiger partial charge on any atom is 0.416 e. The number of pyridine rings is 1. The summed E-state index contributed by atoms with van der Waals surface area (Å²) in [5.74, 6) is -2.09. The molecule has 236 valence electrons. The average molecular weight is 627 g/mol. The van der Waals surface area contributed by atoms with Crippen LogP contribution in [0.5, 0.6) is 23.0 Å². The normalized spacial score (nSPS) is 13.8. The zero-order valence-electron chi connectivity index (χ0n) is 24.2. The van der Waals surface area contributed by atoms with E-state index in [9.17, 15) is 22.8 Å². The van der Waals surface area contributed by atoms with Gasteiger partial charge in [0.1, 0.15) is 5.75 Å². The summed E-state index contributed by atoms with van der Waals surface area (Å²) in [6.45, 7) is 1.94. The van der Waals surface area contributed by atoms with Crippen molar-refractivity contribution in [3.8, 4) is 23.0 Å². The van der Waals surface area contributed by atoms with Gasteiger partial charge in [-0.3, -0.25) is 19.5 Å². The smallest absolute Gasteiger partial charge is 0.416 e. The maximum absolute atomic E-state index is 15.4. The number of methoxy groups -OCH3 is 1. The Bertz CT molecular complexity index is 1710. The quantitative estimate of drug-likeness (QED) is 0.184. The third-order valence-corrected chi connectivity index (χ3v) is 7.42. The van der Waals surface area contributed by atoms with Gasteiger partial charge in [-0.1, -0.05) is 12.1 Å². The number of anilines is 1. The summed E-state index contributed by atoms with van der Waals surface area (Å²) in [7, 11) is 1.51. The zero-order valence-corrected chi connectivity index (χ0v) is 24.2. The molecule has 1 aliphatic rings. The Labute approximate surface area is 255 Å². The maximum atomic E-state index is 15.4. The SMILES string of the molecule is COc1cc2c(Oc3ccc(N(Cc4cccc(C(F)(F)F)c4)C(=O)C(N)=O)cc3F)ccnc2cc1OCC1CCNCC1. The first-order chi connectivity index (χ1) is 21.5. The number of benzene rings is 3. The standard InChI is InChI=1S/C32H30F4N4O5/c1-43-28-15-23-25(16-29(28)44-18-19-7-10-38-11-8-19)39-12-9-26(23)45-27-6-5-22(14-24(27)33)40(31(42)30(37)41)17-20-3-2-4-21(13-20)32(34,35)36/h2-6,9,12-16,19,38H,7-8,10-11,17-18H2,1H3,(H2,37,41). The summed E-state index contributed by atoms with van der Waals surface area (Å²) in [5.41, 5.74) is 4.70. The predicted octanol–water partition coefficient (Wildman–Crippen LogP) is 5.59. The number of carbonyl (C=O) groups excluding carboxylic acids is 2. The second-order valence-electron chi connectivity index (χ2n) is 10.5. The third kappa shape index (κ3) is 7.43. The van der Waals surface area contributed by atoms with Crippen molar-refractivity contribution in [1.82, 2.24) is 10.3 Å². The van der Waals surface area contributed by atoms with Gasteiger partial charge in [0.15, 0.2) is 23.1 Å². The molecule has 0 spiro atoms. The summed E-state index contributed by atoms with van der Waals surface area (Å²) in [5, 5.41) is 3.84. The summed E-state index contributed by atoms with van der Waals surface area (Å²) in [4.78, 5) is 29.6. The Kier molecular flexibility index (Phi) is 9.37. The number of aromatic nitrogens is 1. The van der Waals surface area contributed by atoms with Crippen LogP contribution in [0.15, 0.2) is 66.9 Å². The van der Waals surface area contributed by atoms with Crippen molar-refractivity contribution in [3.63, 3.8) is 0 Å². The first-order valence-corrected chi connectivity index (χ1v) is 14.1. The van der Waals surface area contributed by atoms with Gasteiger partial charge in [0.2, 0.25) is 0 Å². The number of ether oxygens (including phenoxy) is 3. The topological polar surface area (TPSA) is 116 Å². The van der Waals surface area contributed by atoms with Crippen LogP contribution in [-0.2, 0) is 22.3 Å². The molecule has 9 nitrogen and oxygen atoms in total. The minimum absolute atomic E-state index is 0.0523. The number of hydrogen-bond acceptors (Lipinski definition) is 7. The molecule has 3 N–H and O–H groups in total. The van der Waals surface area contributed by atoms with Crippen LogP contribution in [-0.4, -0.2) is 43.6 Å². The number of carbonyl (C=O) groups is 2. The Morgan fingerprint density at radius 3 is 2.47 bits per heavy atom. The van der Waals surface area contributed by atoms with Crippen molar-refractivity contribution in [2.24, 2.45) is 11.7 Å². The highest BCUT2D eigenvalue weighted by atomic mass is 19.4. The van der Waals surface area contributed by atoms with Crippen LogP contribution < -0.4 is 30.2 Å². The summed E-state index contributed by atoms with van der Waals surface area (Å²) in [6.07, 6.45) is -1.11. The number of nitrogens with one attached hydrogen (secondary N) is 1. The van der Waals surface area contributed by atoms with E-state index in [2.05, 4.69) is 10.3 Å². The van der Waals surface area contributed by atoms with E-state index in [0.29, 0.717) is 34.9 Å². The van der Waals surface area contributed by atoms with E-state index in [0.717, 1.165) is 49.0 Å².